The highest BCUT2D eigenvalue weighted by molar-refractivity contribution is 6.77. The van der Waals surface area contributed by atoms with E-state index in [0.29, 0.717) is 0 Å². The van der Waals surface area contributed by atoms with Gasteiger partial charge in [-0.2, -0.15) is 0 Å². The van der Waals surface area contributed by atoms with Crippen molar-refractivity contribution in [3.05, 3.63) is 0 Å². The lowest BCUT2D eigenvalue weighted by molar-refractivity contribution is 0.275. The average Bonchev–Trinajstić information content (AvgIpc) is 2.47. The van der Waals surface area contributed by atoms with Gasteiger partial charge in [0.25, 0.3) is 0 Å². The van der Waals surface area contributed by atoms with Gasteiger partial charge in [-0.3, -0.25) is 0 Å². The molecule has 0 aromatic carbocycles. The average molecular weight is 306 g/mol. The molecule has 0 heterocycles. The van der Waals surface area contributed by atoms with Crippen LogP contribution in [0.3, 0.4) is 0 Å². The first kappa shape index (κ1) is 19.3. The molecular formula is C14H35NO2Si2. The van der Waals surface area contributed by atoms with Gasteiger partial charge >= 0.3 is 9.28 Å². The Bertz CT molecular complexity index is 201. The predicted molar refractivity (Wildman–Crippen MR) is 89.7 cm³/mol. The van der Waals surface area contributed by atoms with Gasteiger partial charge in [0.05, 0.1) is 0 Å². The first-order chi connectivity index (χ1) is 9.13. The fourth-order valence-corrected chi connectivity index (χ4v) is 8.53. The van der Waals surface area contributed by atoms with Gasteiger partial charge in [0.1, 0.15) is 8.24 Å². The summed E-state index contributed by atoms with van der Waals surface area (Å²) in [7, 11) is 1.07. The van der Waals surface area contributed by atoms with Crippen LogP contribution in [0.15, 0.2) is 0 Å². The third-order valence-corrected chi connectivity index (χ3v) is 12.4. The van der Waals surface area contributed by atoms with Crippen LogP contribution in [0.25, 0.3) is 0 Å². The van der Waals surface area contributed by atoms with Gasteiger partial charge in [0, 0.05) is 14.2 Å². The van der Waals surface area contributed by atoms with Crippen molar-refractivity contribution < 1.29 is 8.85 Å². The van der Waals surface area contributed by atoms with E-state index < -0.39 is 17.5 Å². The first-order valence-electron chi connectivity index (χ1n) is 7.94. The van der Waals surface area contributed by atoms with E-state index in [1.807, 2.05) is 0 Å². The molecule has 19 heavy (non-hydrogen) atoms. The van der Waals surface area contributed by atoms with Crippen molar-refractivity contribution in [3.8, 4) is 0 Å². The third kappa shape index (κ3) is 6.08. The molecule has 0 spiro atoms. The quantitative estimate of drug-likeness (QED) is 0.406. The Kier molecular flexibility index (Phi) is 11.2. The Morgan fingerprint density at radius 2 is 1.42 bits per heavy atom. The molecule has 3 nitrogen and oxygen atoms in total. The summed E-state index contributed by atoms with van der Waals surface area (Å²) in [5.41, 5.74) is 0. The van der Waals surface area contributed by atoms with Crippen LogP contribution in [-0.4, -0.2) is 49.4 Å². The predicted octanol–water partition coefficient (Wildman–Crippen LogP) is 3.61. The molecule has 0 bridgehead atoms. The maximum absolute atomic E-state index is 5.38. The molecule has 0 aliphatic heterocycles. The Labute approximate surface area is 123 Å². The van der Waals surface area contributed by atoms with Gasteiger partial charge in [-0.1, -0.05) is 34.1 Å². The largest absolute Gasteiger partial charge is 0.400 e. The topological polar surface area (TPSA) is 21.7 Å². The molecule has 0 unspecified atom stereocenters. The van der Waals surface area contributed by atoms with Crippen molar-refractivity contribution in [2.24, 2.45) is 0 Å². The zero-order valence-electron chi connectivity index (χ0n) is 14.0. The van der Waals surface area contributed by atoms with Crippen LogP contribution in [0.2, 0.25) is 24.2 Å². The van der Waals surface area contributed by atoms with Crippen molar-refractivity contribution >= 4 is 17.5 Å². The van der Waals surface area contributed by atoms with Gasteiger partial charge in [-0.25, -0.2) is 0 Å². The molecule has 0 fully saturated rings. The molecule has 0 N–H and O–H groups in total. The van der Waals surface area contributed by atoms with Crippen LogP contribution in [-0.2, 0) is 8.85 Å². The number of nitrogens with zero attached hydrogens (tertiary/aromatic N) is 1. The Hall–Kier alpha value is 0.314. The van der Waals surface area contributed by atoms with Crippen LogP contribution < -0.4 is 0 Å². The highest BCUT2D eigenvalue weighted by atomic mass is 28.3. The summed E-state index contributed by atoms with van der Waals surface area (Å²) in [6, 6.07) is 5.31. The van der Waals surface area contributed by atoms with Gasteiger partial charge in [0.2, 0.25) is 0 Å². The molecule has 0 aliphatic carbocycles. The molecule has 0 aliphatic rings. The molecule has 5 heteroatoms. The second-order valence-electron chi connectivity index (χ2n) is 5.26. The molecule has 0 rings (SSSR count). The summed E-state index contributed by atoms with van der Waals surface area (Å²) in [5, 5.41) is 0. The first-order valence-corrected chi connectivity index (χ1v) is 12.3. The van der Waals surface area contributed by atoms with E-state index in [2.05, 4.69) is 32.3 Å². The molecule has 0 saturated heterocycles. The molecule has 0 radical (unpaired) electrons. The van der Waals surface area contributed by atoms with Crippen molar-refractivity contribution in [2.75, 3.05) is 27.3 Å². The lowest BCUT2D eigenvalue weighted by Crippen LogP contribution is -2.52. The van der Waals surface area contributed by atoms with Crippen LogP contribution >= 0.6 is 0 Å². The number of rotatable bonds is 12. The van der Waals surface area contributed by atoms with Crippen molar-refractivity contribution in [2.45, 2.75) is 64.7 Å². The lowest BCUT2D eigenvalue weighted by Gasteiger charge is -2.40. The SMILES string of the molecule is CCN(CCCC[SiH](OC)OC)[Si](CC)(CC)CC. The van der Waals surface area contributed by atoms with Crippen molar-refractivity contribution in [1.29, 1.82) is 0 Å². The third-order valence-electron chi connectivity index (χ3n) is 4.67. The fourth-order valence-electron chi connectivity index (χ4n) is 3.10. The smallest absolute Gasteiger partial charge is 0.320 e. The van der Waals surface area contributed by atoms with Gasteiger partial charge in [0.15, 0.2) is 0 Å². The van der Waals surface area contributed by atoms with E-state index in [4.69, 9.17) is 8.85 Å². The summed E-state index contributed by atoms with van der Waals surface area (Å²) in [6.07, 6.45) is 2.54. The molecule has 0 atom stereocenters. The van der Waals surface area contributed by atoms with E-state index in [1.165, 1.54) is 44.1 Å². The van der Waals surface area contributed by atoms with Gasteiger partial charge in [-0.15, -0.1) is 0 Å². The van der Waals surface area contributed by atoms with E-state index in [0.717, 1.165) is 6.04 Å². The Balaban J connectivity index is 4.19. The lowest BCUT2D eigenvalue weighted by atomic mass is 10.3. The minimum absolute atomic E-state index is 1.14. The highest BCUT2D eigenvalue weighted by Crippen LogP contribution is 2.25. The number of hydrogen-bond acceptors (Lipinski definition) is 3. The molecular weight excluding hydrogens is 270 g/mol. The summed E-state index contributed by atoms with van der Waals surface area (Å²) < 4.78 is 13.6. The standard InChI is InChI=1S/C14H35NO2Si2/c1-7-15(19(8-2,9-3)10-4)13-11-12-14-18(16-5)17-6/h18H,7-14H2,1-6H3. The molecule has 0 amide bonds. The van der Waals surface area contributed by atoms with Crippen LogP contribution in [0.5, 0.6) is 0 Å². The molecule has 116 valence electrons. The maximum atomic E-state index is 5.38. The minimum atomic E-state index is -1.33. The van der Waals surface area contributed by atoms with Crippen LogP contribution in [0.4, 0.5) is 0 Å². The Morgan fingerprint density at radius 1 is 0.895 bits per heavy atom. The summed E-state index contributed by atoms with van der Waals surface area (Å²) >= 11 is 0. The van der Waals surface area contributed by atoms with Crippen molar-refractivity contribution in [1.82, 2.24) is 4.57 Å². The second kappa shape index (κ2) is 11.0. The highest BCUT2D eigenvalue weighted by Gasteiger charge is 2.32. The molecule has 0 saturated carbocycles. The van der Waals surface area contributed by atoms with Crippen LogP contribution in [0, 0.1) is 0 Å². The van der Waals surface area contributed by atoms with Gasteiger partial charge < -0.3 is 13.4 Å². The number of hydrogen-bond donors (Lipinski definition) is 0. The fraction of sp³-hybridized carbons (Fsp3) is 1.00. The minimum Gasteiger partial charge on any atom is -0.400 e. The number of unbranched alkanes of at least 4 members (excludes halogenated alkanes) is 1. The van der Waals surface area contributed by atoms with E-state index >= 15 is 0 Å². The Morgan fingerprint density at radius 3 is 1.79 bits per heavy atom. The summed E-state index contributed by atoms with van der Waals surface area (Å²) in [5.74, 6) is 0. The van der Waals surface area contributed by atoms with E-state index in [1.54, 1.807) is 14.2 Å². The summed E-state index contributed by atoms with van der Waals surface area (Å²) in [4.78, 5) is 0. The molecule has 0 aromatic heterocycles. The maximum Gasteiger partial charge on any atom is 0.320 e. The van der Waals surface area contributed by atoms with Crippen LogP contribution in [0.1, 0.15) is 40.5 Å². The van der Waals surface area contributed by atoms with E-state index in [-0.39, 0.29) is 0 Å². The molecule has 0 aromatic rings. The normalized spacial score (nSPS) is 12.6. The van der Waals surface area contributed by atoms with Gasteiger partial charge in [-0.05, 0) is 43.7 Å². The summed E-state index contributed by atoms with van der Waals surface area (Å²) in [6.45, 7) is 12.0. The monoisotopic (exact) mass is 305 g/mol. The van der Waals surface area contributed by atoms with E-state index in [9.17, 15) is 0 Å². The zero-order valence-corrected chi connectivity index (χ0v) is 16.2. The second-order valence-corrected chi connectivity index (χ2v) is 12.8. The van der Waals surface area contributed by atoms with Crippen molar-refractivity contribution in [3.63, 3.8) is 0 Å². The zero-order chi connectivity index (χ0) is 14.7.